The monoisotopic (exact) mass is 321 g/mol. The van der Waals surface area contributed by atoms with Gasteiger partial charge in [-0.1, -0.05) is 44.2 Å². The smallest absolute Gasteiger partial charge is 0.326 e. The van der Waals surface area contributed by atoms with E-state index in [0.717, 1.165) is 0 Å². The average Bonchev–Trinajstić information content (AvgIpc) is 2.61. The van der Waals surface area contributed by atoms with E-state index >= 15 is 0 Å². The molecule has 1 fully saturated rings. The Balaban J connectivity index is 2.17. The van der Waals surface area contributed by atoms with Gasteiger partial charge in [0, 0.05) is 16.4 Å². The van der Waals surface area contributed by atoms with E-state index in [1.165, 1.54) is 12.1 Å². The molecule has 0 spiro atoms. The van der Waals surface area contributed by atoms with E-state index < -0.39 is 36.1 Å². The summed E-state index contributed by atoms with van der Waals surface area (Å²) in [6.45, 7) is 3.68. The molecular formula is C19H27NO3. The van der Waals surface area contributed by atoms with E-state index in [9.17, 15) is 14.7 Å². The molecule has 1 unspecified atom stereocenters. The lowest BCUT2D eigenvalue weighted by Gasteiger charge is -2.30. The van der Waals surface area contributed by atoms with E-state index in [4.69, 9.17) is 5.48 Å². The minimum absolute atomic E-state index is 0.0161. The molecule has 0 bridgehead atoms. The summed E-state index contributed by atoms with van der Waals surface area (Å²) in [7, 11) is 0. The zero-order valence-corrected chi connectivity index (χ0v) is 13.6. The summed E-state index contributed by atoms with van der Waals surface area (Å²) in [4.78, 5) is 24.4. The first-order valence-electron chi connectivity index (χ1n) is 10.0. The topological polar surface area (TPSA) is 66.4 Å². The van der Waals surface area contributed by atoms with Crippen LogP contribution in [0, 0.1) is 17.7 Å². The first-order valence-corrected chi connectivity index (χ1v) is 8.00. The maximum absolute atomic E-state index is 12.6. The van der Waals surface area contributed by atoms with Gasteiger partial charge in [0.1, 0.15) is 6.02 Å². The molecule has 23 heavy (non-hydrogen) atoms. The molecule has 4 heteroatoms. The predicted molar refractivity (Wildman–Crippen MR) is 90.0 cm³/mol. The lowest BCUT2D eigenvalue weighted by Crippen LogP contribution is -2.45. The molecular weight excluding hydrogens is 290 g/mol. The molecule has 0 saturated heterocycles. The highest BCUT2D eigenvalue weighted by atomic mass is 16.4. The molecule has 0 aromatic heterocycles. The van der Waals surface area contributed by atoms with E-state index in [1.54, 1.807) is 18.2 Å². The Morgan fingerprint density at radius 2 is 1.87 bits per heavy atom. The van der Waals surface area contributed by atoms with E-state index in [-0.39, 0.29) is 11.5 Å². The van der Waals surface area contributed by atoms with Gasteiger partial charge in [0.15, 0.2) is 0 Å². The van der Waals surface area contributed by atoms with Crippen molar-refractivity contribution in [3.05, 3.63) is 35.9 Å². The molecule has 0 aliphatic heterocycles. The van der Waals surface area contributed by atoms with Crippen molar-refractivity contribution in [3.63, 3.8) is 0 Å². The van der Waals surface area contributed by atoms with Crippen LogP contribution in [0.1, 0.15) is 50.6 Å². The Morgan fingerprint density at radius 3 is 2.39 bits per heavy atom. The SMILES string of the molecule is [2H]C(C)(C)C1CCC(C(=O)NC([2H])(C(=O)O)C([2H])([2H])c2ccccc2)CC1. The minimum Gasteiger partial charge on any atom is -0.480 e. The fraction of sp³-hybridized carbons (Fsp3) is 0.579. The molecule has 0 heterocycles. The van der Waals surface area contributed by atoms with E-state index in [0.29, 0.717) is 25.7 Å². The molecule has 1 saturated carbocycles. The molecule has 1 aromatic rings. The van der Waals surface area contributed by atoms with Gasteiger partial charge >= 0.3 is 5.97 Å². The lowest BCUT2D eigenvalue weighted by molar-refractivity contribution is -0.142. The minimum atomic E-state index is -2.84. The molecule has 1 aliphatic rings. The number of carbonyl (C=O) groups excluding carboxylic acids is 1. The fourth-order valence-electron chi connectivity index (χ4n) is 2.96. The third-order valence-electron chi connectivity index (χ3n) is 4.42. The first kappa shape index (κ1) is 12.6. The second-order valence-corrected chi connectivity index (χ2v) is 6.29. The van der Waals surface area contributed by atoms with Crippen molar-refractivity contribution < 1.29 is 20.2 Å². The quantitative estimate of drug-likeness (QED) is 0.845. The maximum Gasteiger partial charge on any atom is 0.326 e. The number of aliphatic carboxylic acids is 1. The molecule has 1 amide bonds. The van der Waals surface area contributed by atoms with Crippen molar-refractivity contribution in [1.82, 2.24) is 5.32 Å². The van der Waals surface area contributed by atoms with Crippen LogP contribution in [0.3, 0.4) is 0 Å². The van der Waals surface area contributed by atoms with Gasteiger partial charge in [0.2, 0.25) is 5.91 Å². The third kappa shape index (κ3) is 5.08. The third-order valence-corrected chi connectivity index (χ3v) is 4.42. The van der Waals surface area contributed by atoms with Crippen LogP contribution < -0.4 is 5.32 Å². The Morgan fingerprint density at radius 1 is 1.26 bits per heavy atom. The summed E-state index contributed by atoms with van der Waals surface area (Å²) in [5.41, 5.74) is 0.0161. The van der Waals surface area contributed by atoms with Crippen LogP contribution in [0.4, 0.5) is 0 Å². The Bertz CT molecular complexity index is 682. The molecule has 0 radical (unpaired) electrons. The zero-order valence-electron chi connectivity index (χ0n) is 17.6. The molecule has 4 nitrogen and oxygen atoms in total. The van der Waals surface area contributed by atoms with Crippen molar-refractivity contribution in [3.8, 4) is 0 Å². The number of carboxylic acid groups (broad SMARTS) is 1. The van der Waals surface area contributed by atoms with E-state index in [2.05, 4.69) is 5.32 Å². The Labute approximate surface area is 143 Å². The molecule has 2 N–H and O–H groups in total. The number of nitrogens with one attached hydrogen (secondary N) is 1. The molecule has 1 aromatic carbocycles. The summed E-state index contributed by atoms with van der Waals surface area (Å²) in [5, 5.41) is 11.7. The summed E-state index contributed by atoms with van der Waals surface area (Å²) < 4.78 is 32.8. The lowest BCUT2D eigenvalue weighted by atomic mass is 9.76. The number of carbonyl (C=O) groups is 2. The number of hydrogen-bond donors (Lipinski definition) is 2. The van der Waals surface area contributed by atoms with Gasteiger partial charge in [0.25, 0.3) is 0 Å². The summed E-state index contributed by atoms with van der Waals surface area (Å²) in [5.74, 6) is -3.26. The molecule has 126 valence electrons. The standard InChI is InChI=1S/C19H27NO3/c1-13(2)15-8-10-16(11-9-15)18(21)20-17(19(22)23)12-14-6-4-3-5-7-14/h3-7,13,15-17H,8-12H2,1-2H3,(H,20,21)(H,22,23)/i12D2,13D,17D. The number of rotatable bonds is 6. The van der Waals surface area contributed by atoms with E-state index in [1.807, 2.05) is 13.8 Å². The molecule has 1 atom stereocenters. The highest BCUT2D eigenvalue weighted by Gasteiger charge is 2.30. The van der Waals surface area contributed by atoms with Crippen molar-refractivity contribution in [1.29, 1.82) is 0 Å². The number of hydrogen-bond acceptors (Lipinski definition) is 2. The highest BCUT2D eigenvalue weighted by Crippen LogP contribution is 2.33. The molecule has 1 aliphatic carbocycles. The van der Waals surface area contributed by atoms with Crippen LogP contribution in [0.25, 0.3) is 0 Å². The van der Waals surface area contributed by atoms with Crippen molar-refractivity contribution in [2.45, 2.75) is 51.9 Å². The normalized spacial score (nSPS) is 27.6. The zero-order chi connectivity index (χ0) is 20.5. The number of carboxylic acids is 1. The van der Waals surface area contributed by atoms with Crippen LogP contribution in [0.5, 0.6) is 0 Å². The highest BCUT2D eigenvalue weighted by molar-refractivity contribution is 5.85. The largest absolute Gasteiger partial charge is 0.480 e. The van der Waals surface area contributed by atoms with Crippen LogP contribution in [0.2, 0.25) is 0 Å². The summed E-state index contributed by atoms with van der Waals surface area (Å²) in [6, 6.07) is 4.75. The second-order valence-electron chi connectivity index (χ2n) is 6.29. The summed E-state index contributed by atoms with van der Waals surface area (Å²) in [6.07, 6.45) is -0.252. The summed E-state index contributed by atoms with van der Waals surface area (Å²) >= 11 is 0. The van der Waals surface area contributed by atoms with Crippen molar-refractivity contribution in [2.24, 2.45) is 17.7 Å². The molecule has 2 rings (SSSR count). The predicted octanol–water partition coefficient (Wildman–Crippen LogP) is 3.26. The van der Waals surface area contributed by atoms with Gasteiger partial charge in [-0.2, -0.15) is 0 Å². The van der Waals surface area contributed by atoms with Gasteiger partial charge in [-0.3, -0.25) is 4.79 Å². The number of amides is 1. The first-order chi connectivity index (χ1) is 12.4. The fourth-order valence-corrected chi connectivity index (χ4v) is 2.96. The van der Waals surface area contributed by atoms with Crippen LogP contribution in [-0.4, -0.2) is 23.0 Å². The van der Waals surface area contributed by atoms with Crippen molar-refractivity contribution in [2.75, 3.05) is 0 Å². The van der Waals surface area contributed by atoms with Crippen LogP contribution in [0.15, 0.2) is 30.3 Å². The van der Waals surface area contributed by atoms with Crippen LogP contribution >= 0.6 is 0 Å². The van der Waals surface area contributed by atoms with Gasteiger partial charge in [-0.15, -0.1) is 0 Å². The van der Waals surface area contributed by atoms with Crippen LogP contribution in [-0.2, 0) is 16.0 Å². The Hall–Kier alpha value is -1.84. The Kier molecular flexibility index (Phi) is 4.45. The average molecular weight is 321 g/mol. The van der Waals surface area contributed by atoms with Gasteiger partial charge in [0.05, 0.1) is 1.37 Å². The van der Waals surface area contributed by atoms with Gasteiger partial charge < -0.3 is 10.4 Å². The van der Waals surface area contributed by atoms with Gasteiger partial charge in [-0.05, 0) is 43.1 Å². The van der Waals surface area contributed by atoms with Crippen molar-refractivity contribution >= 4 is 11.9 Å². The second kappa shape index (κ2) is 8.14. The van der Waals surface area contributed by atoms with Gasteiger partial charge in [-0.25, -0.2) is 4.79 Å². The maximum atomic E-state index is 12.6. The number of benzene rings is 1.